The first-order chi connectivity index (χ1) is 15.4. The van der Waals surface area contributed by atoms with Gasteiger partial charge in [0.25, 0.3) is 0 Å². The van der Waals surface area contributed by atoms with Crippen LogP contribution in [0.2, 0.25) is 0 Å². The number of tetrazole rings is 1. The molecule has 0 aliphatic carbocycles. The highest BCUT2D eigenvalue weighted by molar-refractivity contribution is 7.89. The van der Waals surface area contributed by atoms with Gasteiger partial charge in [0.05, 0.1) is 4.90 Å². The number of aromatic nitrogens is 4. The Balaban J connectivity index is 1.37. The van der Waals surface area contributed by atoms with Crippen molar-refractivity contribution < 1.29 is 13.2 Å². The first-order valence-corrected chi connectivity index (χ1v) is 12.1. The van der Waals surface area contributed by atoms with Gasteiger partial charge in [-0.05, 0) is 49.2 Å². The van der Waals surface area contributed by atoms with Crippen molar-refractivity contribution in [2.45, 2.75) is 44.0 Å². The molecule has 0 unspecified atom stereocenters. The third-order valence-electron chi connectivity index (χ3n) is 5.39. The molecule has 2 heterocycles. The van der Waals surface area contributed by atoms with E-state index in [1.165, 1.54) is 16.9 Å². The van der Waals surface area contributed by atoms with Crippen LogP contribution in [0.5, 0.6) is 0 Å². The summed E-state index contributed by atoms with van der Waals surface area (Å²) < 4.78 is 27.3. The summed E-state index contributed by atoms with van der Waals surface area (Å²) in [6.07, 6.45) is 3.89. The Kier molecular flexibility index (Phi) is 6.61. The fourth-order valence-corrected chi connectivity index (χ4v) is 5.12. The van der Waals surface area contributed by atoms with E-state index in [1.54, 1.807) is 16.4 Å². The number of carbonyl (C=O) groups is 1. The minimum Gasteiger partial charge on any atom is -0.324 e. The van der Waals surface area contributed by atoms with Crippen molar-refractivity contribution in [2.24, 2.45) is 0 Å². The monoisotopic (exact) mass is 454 g/mol. The molecule has 0 bridgehead atoms. The second-order valence-corrected chi connectivity index (χ2v) is 9.84. The molecule has 0 radical (unpaired) electrons. The lowest BCUT2D eigenvalue weighted by atomic mass is 10.1. The van der Waals surface area contributed by atoms with Crippen LogP contribution in [0.25, 0.3) is 11.4 Å². The Morgan fingerprint density at radius 2 is 1.62 bits per heavy atom. The predicted molar refractivity (Wildman–Crippen MR) is 120 cm³/mol. The van der Waals surface area contributed by atoms with Gasteiger partial charge in [-0.15, -0.1) is 10.2 Å². The number of hydrogen-bond donors (Lipinski definition) is 1. The molecule has 168 valence electrons. The summed E-state index contributed by atoms with van der Waals surface area (Å²) in [4.78, 5) is 13.8. The van der Waals surface area contributed by atoms with E-state index in [4.69, 9.17) is 0 Å². The molecule has 1 aliphatic heterocycles. The number of sulfonamides is 1. The molecule has 1 saturated heterocycles. The molecule has 32 heavy (non-hydrogen) atoms. The van der Waals surface area contributed by atoms with Crippen molar-refractivity contribution in [1.29, 1.82) is 0 Å². The normalized spacial score (nSPS) is 15.3. The van der Waals surface area contributed by atoms with Gasteiger partial charge in [-0.1, -0.05) is 42.7 Å². The minimum absolute atomic E-state index is 0.104. The second kappa shape index (κ2) is 9.58. The minimum atomic E-state index is -3.52. The molecule has 0 saturated carbocycles. The van der Waals surface area contributed by atoms with E-state index in [2.05, 4.69) is 20.7 Å². The van der Waals surface area contributed by atoms with Gasteiger partial charge < -0.3 is 5.32 Å². The lowest BCUT2D eigenvalue weighted by Gasteiger charge is -2.20. The van der Waals surface area contributed by atoms with E-state index in [-0.39, 0.29) is 17.3 Å². The molecule has 10 heteroatoms. The first kappa shape index (κ1) is 22.1. The average Bonchev–Trinajstić information content (AvgIpc) is 3.05. The highest BCUT2D eigenvalue weighted by Crippen LogP contribution is 2.22. The van der Waals surface area contributed by atoms with Crippen molar-refractivity contribution in [2.75, 3.05) is 18.4 Å². The zero-order valence-electron chi connectivity index (χ0n) is 17.9. The van der Waals surface area contributed by atoms with Crippen molar-refractivity contribution >= 4 is 21.6 Å². The molecule has 1 aromatic heterocycles. The summed E-state index contributed by atoms with van der Waals surface area (Å²) in [6, 6.07) is 14.0. The third kappa shape index (κ3) is 5.20. The van der Waals surface area contributed by atoms with Gasteiger partial charge in [0, 0.05) is 24.3 Å². The lowest BCUT2D eigenvalue weighted by molar-refractivity contribution is -0.117. The van der Waals surface area contributed by atoms with Crippen LogP contribution in [0.15, 0.2) is 53.4 Å². The molecule has 0 atom stereocenters. The fourth-order valence-electron chi connectivity index (χ4n) is 3.60. The van der Waals surface area contributed by atoms with Gasteiger partial charge in [0.15, 0.2) is 0 Å². The van der Waals surface area contributed by atoms with Gasteiger partial charge in [0.1, 0.15) is 6.54 Å². The van der Waals surface area contributed by atoms with Crippen LogP contribution < -0.4 is 5.32 Å². The summed E-state index contributed by atoms with van der Waals surface area (Å²) in [5, 5.41) is 14.9. The smallest absolute Gasteiger partial charge is 0.248 e. The molecule has 1 amide bonds. The van der Waals surface area contributed by atoms with E-state index in [1.807, 2.05) is 31.2 Å². The Morgan fingerprint density at radius 3 is 2.28 bits per heavy atom. The summed E-state index contributed by atoms with van der Waals surface area (Å²) in [5.41, 5.74) is 2.46. The van der Waals surface area contributed by atoms with Gasteiger partial charge >= 0.3 is 0 Å². The van der Waals surface area contributed by atoms with Crippen LogP contribution in [0.1, 0.15) is 31.2 Å². The van der Waals surface area contributed by atoms with Crippen molar-refractivity contribution in [3.05, 3.63) is 54.1 Å². The summed E-state index contributed by atoms with van der Waals surface area (Å²) in [6.45, 7) is 2.99. The molecule has 3 aromatic rings. The Morgan fingerprint density at radius 1 is 0.969 bits per heavy atom. The third-order valence-corrected chi connectivity index (χ3v) is 7.30. The standard InChI is InChI=1S/C22H26N6O3S/c1-17-6-8-18(9-7-17)22-24-26-28(25-22)16-21(29)23-19-10-12-20(13-11-19)32(30,31)27-14-4-2-3-5-15-27/h6-13H,2-5,14-16H2,1H3,(H,23,29). The SMILES string of the molecule is Cc1ccc(-c2nnn(CC(=O)Nc3ccc(S(=O)(=O)N4CCCCCC4)cc3)n2)cc1. The van der Waals surface area contributed by atoms with Gasteiger partial charge in [-0.25, -0.2) is 8.42 Å². The van der Waals surface area contributed by atoms with Crippen LogP contribution in [0, 0.1) is 6.92 Å². The fraction of sp³-hybridized carbons (Fsp3) is 0.364. The molecule has 1 N–H and O–H groups in total. The maximum atomic E-state index is 12.9. The largest absolute Gasteiger partial charge is 0.324 e. The number of hydrogen-bond acceptors (Lipinski definition) is 6. The molecule has 2 aromatic carbocycles. The van der Waals surface area contributed by atoms with E-state index < -0.39 is 10.0 Å². The Bertz CT molecular complexity index is 1170. The molecular weight excluding hydrogens is 428 g/mol. The number of benzene rings is 2. The van der Waals surface area contributed by atoms with Crippen molar-refractivity contribution in [1.82, 2.24) is 24.5 Å². The van der Waals surface area contributed by atoms with Crippen molar-refractivity contribution in [3.8, 4) is 11.4 Å². The average molecular weight is 455 g/mol. The van der Waals surface area contributed by atoms with Gasteiger partial charge in [-0.3, -0.25) is 4.79 Å². The highest BCUT2D eigenvalue weighted by atomic mass is 32.2. The summed E-state index contributed by atoms with van der Waals surface area (Å²) >= 11 is 0. The molecule has 1 fully saturated rings. The number of amides is 1. The predicted octanol–water partition coefficient (Wildman–Crippen LogP) is 2.85. The number of nitrogens with zero attached hydrogens (tertiary/aromatic N) is 5. The van der Waals surface area contributed by atoms with Crippen LogP contribution in [0.4, 0.5) is 5.69 Å². The number of anilines is 1. The second-order valence-electron chi connectivity index (χ2n) is 7.90. The number of rotatable bonds is 6. The van der Waals surface area contributed by atoms with Crippen LogP contribution in [0.3, 0.4) is 0 Å². The van der Waals surface area contributed by atoms with E-state index in [0.29, 0.717) is 24.6 Å². The number of nitrogens with one attached hydrogen (secondary N) is 1. The zero-order chi connectivity index (χ0) is 22.6. The van der Waals surface area contributed by atoms with Crippen LogP contribution >= 0.6 is 0 Å². The van der Waals surface area contributed by atoms with E-state index >= 15 is 0 Å². The summed E-state index contributed by atoms with van der Waals surface area (Å²) in [7, 11) is -3.52. The Labute approximate surface area is 187 Å². The lowest BCUT2D eigenvalue weighted by Crippen LogP contribution is -2.31. The Hall–Kier alpha value is -3.11. The molecule has 1 aliphatic rings. The maximum Gasteiger partial charge on any atom is 0.248 e. The summed E-state index contributed by atoms with van der Waals surface area (Å²) in [5.74, 6) is 0.113. The van der Waals surface area contributed by atoms with Crippen LogP contribution in [-0.2, 0) is 21.4 Å². The molecule has 9 nitrogen and oxygen atoms in total. The van der Waals surface area contributed by atoms with Gasteiger partial charge in [-0.2, -0.15) is 9.10 Å². The molecule has 0 spiro atoms. The number of carbonyl (C=O) groups excluding carboxylic acids is 1. The first-order valence-electron chi connectivity index (χ1n) is 10.7. The zero-order valence-corrected chi connectivity index (χ0v) is 18.8. The molecular formula is C22H26N6O3S. The van der Waals surface area contributed by atoms with Crippen LogP contribution in [-0.4, -0.2) is 51.9 Å². The quantitative estimate of drug-likeness (QED) is 0.613. The molecule has 4 rings (SSSR count). The number of aryl methyl sites for hydroxylation is 1. The van der Waals surface area contributed by atoms with E-state index in [0.717, 1.165) is 36.8 Å². The maximum absolute atomic E-state index is 12.9. The highest BCUT2D eigenvalue weighted by Gasteiger charge is 2.25. The van der Waals surface area contributed by atoms with Crippen molar-refractivity contribution in [3.63, 3.8) is 0 Å². The van der Waals surface area contributed by atoms with E-state index in [9.17, 15) is 13.2 Å². The topological polar surface area (TPSA) is 110 Å². The van der Waals surface area contributed by atoms with Gasteiger partial charge in [0.2, 0.25) is 21.8 Å².